The van der Waals surface area contributed by atoms with Crippen molar-refractivity contribution in [2.45, 2.75) is 26.0 Å². The molecule has 0 saturated heterocycles. The van der Waals surface area contributed by atoms with Crippen LogP contribution in [0.4, 0.5) is 0 Å². The Hall–Kier alpha value is -2.38. The summed E-state index contributed by atoms with van der Waals surface area (Å²) < 4.78 is 5.57. The van der Waals surface area contributed by atoms with Gasteiger partial charge in [0.05, 0.1) is 11.4 Å². The molecule has 0 unspecified atom stereocenters. The van der Waals surface area contributed by atoms with Crippen LogP contribution >= 0.6 is 23.4 Å². The number of ketones is 2. The number of rotatable bonds is 6. The molecule has 3 rings (SSSR count). The Balaban J connectivity index is 1.71. The Morgan fingerprint density at radius 3 is 2.69 bits per heavy atom. The van der Waals surface area contributed by atoms with E-state index in [9.17, 15) is 9.59 Å². The summed E-state index contributed by atoms with van der Waals surface area (Å²) >= 11 is 7.10. The number of aromatic nitrogens is 3. The second kappa shape index (κ2) is 7.47. The fraction of sp³-hybridized carbons (Fsp3) is 0.222. The predicted molar refractivity (Wildman–Crippen MR) is 100 cm³/mol. The van der Waals surface area contributed by atoms with Crippen LogP contribution in [0.15, 0.2) is 33.9 Å². The third kappa shape index (κ3) is 3.73. The van der Waals surface area contributed by atoms with Crippen LogP contribution in [0.25, 0.3) is 11.5 Å². The molecule has 2 heterocycles. The minimum absolute atomic E-state index is 0.0639. The van der Waals surface area contributed by atoms with Gasteiger partial charge in [-0.1, -0.05) is 29.4 Å². The number of halogens is 1. The maximum atomic E-state index is 12.5. The van der Waals surface area contributed by atoms with Crippen LogP contribution in [0.2, 0.25) is 5.02 Å². The molecule has 0 aliphatic rings. The van der Waals surface area contributed by atoms with E-state index in [1.165, 1.54) is 6.92 Å². The van der Waals surface area contributed by atoms with Crippen molar-refractivity contribution in [1.82, 2.24) is 15.2 Å². The standard InChI is InChI=1S/C18H16ClN3O3S/c1-9-15(11(3)23)10(2)20-16(9)14(24)8-26-18-22-21-17(25-18)12-5-4-6-13(19)7-12/h4-7,20H,8H2,1-3H3. The van der Waals surface area contributed by atoms with Crippen LogP contribution < -0.4 is 0 Å². The van der Waals surface area contributed by atoms with E-state index < -0.39 is 0 Å². The number of Topliss-reactive ketones (excluding diaryl/α,β-unsaturated/α-hetero) is 2. The minimum Gasteiger partial charge on any atom is -0.411 e. The molecule has 0 fully saturated rings. The molecule has 0 radical (unpaired) electrons. The van der Waals surface area contributed by atoms with E-state index in [0.717, 1.165) is 11.8 Å². The van der Waals surface area contributed by atoms with Gasteiger partial charge in [-0.3, -0.25) is 9.59 Å². The lowest BCUT2D eigenvalue weighted by atomic mass is 10.1. The quantitative estimate of drug-likeness (QED) is 0.492. The highest BCUT2D eigenvalue weighted by Gasteiger charge is 2.20. The molecule has 8 heteroatoms. The Bertz CT molecular complexity index is 993. The fourth-order valence-electron chi connectivity index (χ4n) is 2.76. The first-order chi connectivity index (χ1) is 12.4. The van der Waals surface area contributed by atoms with Crippen LogP contribution in [-0.4, -0.2) is 32.5 Å². The van der Waals surface area contributed by atoms with Crippen molar-refractivity contribution < 1.29 is 14.0 Å². The number of nitrogens with zero attached hydrogens (tertiary/aromatic N) is 2. The van der Waals surface area contributed by atoms with Crippen molar-refractivity contribution in [3.05, 3.63) is 51.8 Å². The van der Waals surface area contributed by atoms with Gasteiger partial charge in [-0.25, -0.2) is 0 Å². The van der Waals surface area contributed by atoms with Gasteiger partial charge in [0.1, 0.15) is 0 Å². The average molecular weight is 390 g/mol. The average Bonchev–Trinajstić information content (AvgIpc) is 3.17. The maximum Gasteiger partial charge on any atom is 0.277 e. The predicted octanol–water partition coefficient (Wildman–Crippen LogP) is 4.51. The Kier molecular flexibility index (Phi) is 5.29. The zero-order chi connectivity index (χ0) is 18.8. The van der Waals surface area contributed by atoms with E-state index in [4.69, 9.17) is 16.0 Å². The van der Waals surface area contributed by atoms with Crippen LogP contribution in [0, 0.1) is 13.8 Å². The van der Waals surface area contributed by atoms with E-state index in [-0.39, 0.29) is 17.3 Å². The topological polar surface area (TPSA) is 88.9 Å². The minimum atomic E-state index is -0.134. The first kappa shape index (κ1) is 18.4. The van der Waals surface area contributed by atoms with Crippen molar-refractivity contribution in [3.63, 3.8) is 0 Å². The van der Waals surface area contributed by atoms with Gasteiger partial charge >= 0.3 is 0 Å². The molecule has 0 atom stereocenters. The van der Waals surface area contributed by atoms with Gasteiger partial charge in [0.2, 0.25) is 5.89 Å². The normalized spacial score (nSPS) is 10.9. The summed E-state index contributed by atoms with van der Waals surface area (Å²) in [6, 6.07) is 7.09. The second-order valence-corrected chi connectivity index (χ2v) is 7.14. The van der Waals surface area contributed by atoms with E-state index in [0.29, 0.717) is 44.2 Å². The van der Waals surface area contributed by atoms with Crippen LogP contribution in [0.3, 0.4) is 0 Å². The third-order valence-corrected chi connectivity index (χ3v) is 4.93. The number of thioether (sulfide) groups is 1. The molecule has 0 spiro atoms. The highest BCUT2D eigenvalue weighted by Crippen LogP contribution is 2.26. The van der Waals surface area contributed by atoms with E-state index in [1.807, 2.05) is 6.07 Å². The zero-order valence-electron chi connectivity index (χ0n) is 14.4. The van der Waals surface area contributed by atoms with Gasteiger partial charge in [-0.05, 0) is 44.5 Å². The van der Waals surface area contributed by atoms with Gasteiger partial charge in [0.25, 0.3) is 5.22 Å². The number of carbonyl (C=O) groups is 2. The highest BCUT2D eigenvalue weighted by molar-refractivity contribution is 7.99. The number of aryl methyl sites for hydroxylation is 1. The van der Waals surface area contributed by atoms with Crippen molar-refractivity contribution in [3.8, 4) is 11.5 Å². The summed E-state index contributed by atoms with van der Waals surface area (Å²) in [7, 11) is 0. The first-order valence-electron chi connectivity index (χ1n) is 7.82. The lowest BCUT2D eigenvalue weighted by molar-refractivity contribution is 0.101. The van der Waals surface area contributed by atoms with E-state index in [1.54, 1.807) is 32.0 Å². The Labute approximate surface area is 159 Å². The summed E-state index contributed by atoms with van der Waals surface area (Å²) in [5.41, 5.74) is 3.09. The molecular weight excluding hydrogens is 374 g/mol. The number of hydrogen-bond acceptors (Lipinski definition) is 6. The molecule has 0 saturated carbocycles. The van der Waals surface area contributed by atoms with Crippen molar-refractivity contribution in [2.75, 3.05) is 5.75 Å². The SMILES string of the molecule is CC(=O)c1c(C)[nH]c(C(=O)CSc2nnc(-c3cccc(Cl)c3)o2)c1C. The molecular formula is C18H16ClN3O3S. The molecule has 0 bridgehead atoms. The second-order valence-electron chi connectivity index (χ2n) is 5.78. The lowest BCUT2D eigenvalue weighted by Gasteiger charge is -1.99. The molecule has 1 aromatic carbocycles. The lowest BCUT2D eigenvalue weighted by Crippen LogP contribution is -2.05. The first-order valence-corrected chi connectivity index (χ1v) is 9.18. The molecule has 2 aromatic heterocycles. The number of benzene rings is 1. The molecule has 3 aromatic rings. The molecule has 26 heavy (non-hydrogen) atoms. The van der Waals surface area contributed by atoms with Gasteiger partial charge in [0.15, 0.2) is 11.6 Å². The summed E-state index contributed by atoms with van der Waals surface area (Å²) in [6.45, 7) is 5.03. The molecule has 0 aliphatic heterocycles. The summed E-state index contributed by atoms with van der Waals surface area (Å²) in [5.74, 6) is 0.264. The number of H-pyrrole nitrogens is 1. The molecule has 0 aliphatic carbocycles. The van der Waals surface area contributed by atoms with Gasteiger partial charge < -0.3 is 9.40 Å². The summed E-state index contributed by atoms with van der Waals surface area (Å²) in [6.07, 6.45) is 0. The summed E-state index contributed by atoms with van der Waals surface area (Å²) in [4.78, 5) is 27.2. The molecule has 1 N–H and O–H groups in total. The zero-order valence-corrected chi connectivity index (χ0v) is 16.0. The van der Waals surface area contributed by atoms with Gasteiger partial charge in [-0.2, -0.15) is 0 Å². The van der Waals surface area contributed by atoms with Crippen LogP contribution in [0.1, 0.15) is 39.0 Å². The number of aromatic amines is 1. The number of nitrogens with one attached hydrogen (secondary N) is 1. The smallest absolute Gasteiger partial charge is 0.277 e. The number of hydrogen-bond donors (Lipinski definition) is 1. The molecule has 0 amide bonds. The highest BCUT2D eigenvalue weighted by atomic mass is 35.5. The molecule has 6 nitrogen and oxygen atoms in total. The van der Waals surface area contributed by atoms with Crippen molar-refractivity contribution in [2.24, 2.45) is 0 Å². The number of carbonyl (C=O) groups excluding carboxylic acids is 2. The third-order valence-electron chi connectivity index (χ3n) is 3.87. The van der Waals surface area contributed by atoms with E-state index in [2.05, 4.69) is 15.2 Å². The van der Waals surface area contributed by atoms with Gasteiger partial charge in [0, 0.05) is 21.8 Å². The fourth-order valence-corrected chi connectivity index (χ4v) is 3.59. The maximum absolute atomic E-state index is 12.5. The largest absolute Gasteiger partial charge is 0.411 e. The van der Waals surface area contributed by atoms with Crippen LogP contribution in [-0.2, 0) is 0 Å². The van der Waals surface area contributed by atoms with Crippen molar-refractivity contribution >= 4 is 34.9 Å². The van der Waals surface area contributed by atoms with Crippen molar-refractivity contribution in [1.29, 1.82) is 0 Å². The molecule has 134 valence electrons. The van der Waals surface area contributed by atoms with Gasteiger partial charge in [-0.15, -0.1) is 10.2 Å². The van der Waals surface area contributed by atoms with E-state index >= 15 is 0 Å². The Morgan fingerprint density at radius 2 is 2.04 bits per heavy atom. The van der Waals surface area contributed by atoms with Crippen LogP contribution in [0.5, 0.6) is 0 Å². The summed E-state index contributed by atoms with van der Waals surface area (Å²) in [5, 5.41) is 8.79. The Morgan fingerprint density at radius 1 is 1.27 bits per heavy atom. The monoisotopic (exact) mass is 389 g/mol.